The highest BCUT2D eigenvalue weighted by atomic mass is 15.3. The highest BCUT2D eigenvalue weighted by Crippen LogP contribution is 2.05. The molecule has 6 heteroatoms. The van der Waals surface area contributed by atoms with Crippen molar-refractivity contribution in [2.75, 3.05) is 5.73 Å². The number of rotatable bonds is 3. The maximum atomic E-state index is 5.72. The molecule has 0 aromatic carbocycles. The number of hydrogen-bond acceptors (Lipinski definition) is 4. The second-order valence-electron chi connectivity index (χ2n) is 3.52. The smallest absolute Gasteiger partial charge is 0.200 e. The summed E-state index contributed by atoms with van der Waals surface area (Å²) in [4.78, 5) is 8.27. The van der Waals surface area contributed by atoms with Crippen molar-refractivity contribution in [3.8, 4) is 0 Å². The molecule has 15 heavy (non-hydrogen) atoms. The summed E-state index contributed by atoms with van der Waals surface area (Å²) in [5.74, 6) is 1.37. The summed E-state index contributed by atoms with van der Waals surface area (Å²) in [6.45, 7) is 2.68. The molecule has 2 heterocycles. The van der Waals surface area contributed by atoms with E-state index in [9.17, 15) is 0 Å². The average Bonchev–Trinajstić information content (AvgIpc) is 2.70. The minimum absolute atomic E-state index is 0.545. The number of imidazole rings is 1. The SMILES string of the molecule is Cc1cn(CCc2ncn(C)n2)c(N)n1. The minimum atomic E-state index is 0.545. The van der Waals surface area contributed by atoms with Crippen molar-refractivity contribution in [1.29, 1.82) is 0 Å². The second-order valence-corrected chi connectivity index (χ2v) is 3.52. The monoisotopic (exact) mass is 206 g/mol. The molecular formula is C9H14N6. The van der Waals surface area contributed by atoms with Crippen LogP contribution in [0, 0.1) is 6.92 Å². The minimum Gasteiger partial charge on any atom is -0.369 e. The molecule has 2 N–H and O–H groups in total. The molecule has 0 aliphatic rings. The largest absolute Gasteiger partial charge is 0.369 e. The molecule has 0 aliphatic heterocycles. The molecule has 0 radical (unpaired) electrons. The van der Waals surface area contributed by atoms with Crippen LogP contribution in [0.25, 0.3) is 0 Å². The van der Waals surface area contributed by atoms with E-state index in [0.717, 1.165) is 24.5 Å². The lowest BCUT2D eigenvalue weighted by atomic mass is 10.4. The van der Waals surface area contributed by atoms with Gasteiger partial charge in [-0.2, -0.15) is 5.10 Å². The molecule has 0 amide bonds. The van der Waals surface area contributed by atoms with Gasteiger partial charge in [-0.1, -0.05) is 0 Å². The van der Waals surface area contributed by atoms with Gasteiger partial charge in [0.25, 0.3) is 0 Å². The van der Waals surface area contributed by atoms with Gasteiger partial charge < -0.3 is 10.3 Å². The number of aromatic nitrogens is 5. The van der Waals surface area contributed by atoms with E-state index in [-0.39, 0.29) is 0 Å². The first-order chi connectivity index (χ1) is 7.15. The predicted octanol–water partition coefficient (Wildman–Crippen LogP) is 0.145. The van der Waals surface area contributed by atoms with Gasteiger partial charge in [-0.3, -0.25) is 4.68 Å². The Morgan fingerprint density at radius 2 is 2.27 bits per heavy atom. The van der Waals surface area contributed by atoms with Crippen molar-refractivity contribution in [3.63, 3.8) is 0 Å². The van der Waals surface area contributed by atoms with E-state index >= 15 is 0 Å². The van der Waals surface area contributed by atoms with Crippen LogP contribution in [0.3, 0.4) is 0 Å². The molecule has 0 aliphatic carbocycles. The van der Waals surface area contributed by atoms with Crippen molar-refractivity contribution in [3.05, 3.63) is 24.0 Å². The molecule has 0 spiro atoms. The Bertz CT molecular complexity index is 455. The van der Waals surface area contributed by atoms with Gasteiger partial charge in [0.2, 0.25) is 0 Å². The molecule has 2 rings (SSSR count). The van der Waals surface area contributed by atoms with E-state index < -0.39 is 0 Å². The molecule has 0 atom stereocenters. The number of hydrogen-bond donors (Lipinski definition) is 1. The van der Waals surface area contributed by atoms with Gasteiger partial charge in [0.05, 0.1) is 5.69 Å². The van der Waals surface area contributed by atoms with Crippen molar-refractivity contribution in [2.24, 2.45) is 7.05 Å². The summed E-state index contributed by atoms with van der Waals surface area (Å²) in [5, 5.41) is 4.19. The van der Waals surface area contributed by atoms with Crippen molar-refractivity contribution in [2.45, 2.75) is 19.9 Å². The molecule has 0 bridgehead atoms. The standard InChI is InChI=1S/C9H14N6/c1-7-5-15(9(10)12-7)4-3-8-11-6-14(2)13-8/h5-6H,3-4H2,1-2H3,(H2,10,12). The third kappa shape index (κ3) is 2.15. The molecule has 0 fully saturated rings. The Kier molecular flexibility index (Phi) is 2.40. The van der Waals surface area contributed by atoms with Crippen LogP contribution in [0.1, 0.15) is 11.5 Å². The van der Waals surface area contributed by atoms with Crippen LogP contribution in [-0.4, -0.2) is 24.3 Å². The topological polar surface area (TPSA) is 74.5 Å². The van der Waals surface area contributed by atoms with Gasteiger partial charge in [0, 0.05) is 26.2 Å². The van der Waals surface area contributed by atoms with Crippen LogP contribution < -0.4 is 5.73 Å². The molecule has 2 aromatic rings. The summed E-state index contributed by atoms with van der Waals surface area (Å²) in [6, 6.07) is 0. The zero-order chi connectivity index (χ0) is 10.8. The molecule has 0 unspecified atom stereocenters. The van der Waals surface area contributed by atoms with Gasteiger partial charge in [-0.05, 0) is 6.92 Å². The Morgan fingerprint density at radius 3 is 2.80 bits per heavy atom. The van der Waals surface area contributed by atoms with Crippen LogP contribution in [0.2, 0.25) is 0 Å². The lowest BCUT2D eigenvalue weighted by Gasteiger charge is -2.00. The summed E-state index contributed by atoms with van der Waals surface area (Å²) in [5.41, 5.74) is 6.65. The number of nitrogen functional groups attached to an aromatic ring is 1. The van der Waals surface area contributed by atoms with E-state index in [1.807, 2.05) is 24.7 Å². The molecule has 0 saturated carbocycles. The summed E-state index contributed by atoms with van der Waals surface area (Å²) < 4.78 is 3.60. The third-order valence-electron chi connectivity index (χ3n) is 2.15. The Labute approximate surface area is 87.8 Å². The van der Waals surface area contributed by atoms with Crippen LogP contribution >= 0.6 is 0 Å². The third-order valence-corrected chi connectivity index (χ3v) is 2.15. The van der Waals surface area contributed by atoms with Gasteiger partial charge in [0.15, 0.2) is 11.8 Å². The van der Waals surface area contributed by atoms with E-state index in [4.69, 9.17) is 5.73 Å². The van der Waals surface area contributed by atoms with Crippen molar-refractivity contribution in [1.82, 2.24) is 24.3 Å². The predicted molar refractivity (Wildman–Crippen MR) is 56.1 cm³/mol. The Morgan fingerprint density at radius 1 is 1.47 bits per heavy atom. The number of nitrogens with zero attached hydrogens (tertiary/aromatic N) is 5. The summed E-state index contributed by atoms with van der Waals surface area (Å²) >= 11 is 0. The average molecular weight is 206 g/mol. The number of anilines is 1. The Hall–Kier alpha value is -1.85. The maximum Gasteiger partial charge on any atom is 0.200 e. The van der Waals surface area contributed by atoms with Gasteiger partial charge in [-0.15, -0.1) is 0 Å². The highest BCUT2D eigenvalue weighted by molar-refractivity contribution is 5.21. The summed E-state index contributed by atoms with van der Waals surface area (Å²) in [7, 11) is 1.85. The van der Waals surface area contributed by atoms with Crippen LogP contribution in [0.15, 0.2) is 12.5 Å². The van der Waals surface area contributed by atoms with Crippen molar-refractivity contribution < 1.29 is 0 Å². The lowest BCUT2D eigenvalue weighted by molar-refractivity contribution is 0.665. The zero-order valence-corrected chi connectivity index (χ0v) is 8.88. The van der Waals surface area contributed by atoms with Crippen LogP contribution in [0.5, 0.6) is 0 Å². The molecule has 6 nitrogen and oxygen atoms in total. The van der Waals surface area contributed by atoms with Crippen LogP contribution in [0.4, 0.5) is 5.95 Å². The van der Waals surface area contributed by atoms with E-state index in [1.165, 1.54) is 0 Å². The van der Waals surface area contributed by atoms with E-state index in [2.05, 4.69) is 15.1 Å². The first-order valence-electron chi connectivity index (χ1n) is 4.79. The normalized spacial score (nSPS) is 10.8. The molecule has 2 aromatic heterocycles. The van der Waals surface area contributed by atoms with Crippen molar-refractivity contribution >= 4 is 5.95 Å². The van der Waals surface area contributed by atoms with Gasteiger partial charge in [-0.25, -0.2) is 9.97 Å². The fourth-order valence-electron chi connectivity index (χ4n) is 1.46. The second kappa shape index (κ2) is 3.72. The lowest BCUT2D eigenvalue weighted by Crippen LogP contribution is -2.05. The van der Waals surface area contributed by atoms with Gasteiger partial charge in [0.1, 0.15) is 6.33 Å². The molecular weight excluding hydrogens is 192 g/mol. The van der Waals surface area contributed by atoms with E-state index in [0.29, 0.717) is 5.95 Å². The zero-order valence-electron chi connectivity index (χ0n) is 8.88. The fraction of sp³-hybridized carbons (Fsp3) is 0.444. The highest BCUT2D eigenvalue weighted by Gasteiger charge is 2.03. The quantitative estimate of drug-likeness (QED) is 0.775. The Balaban J connectivity index is 2.01. The number of aryl methyl sites for hydroxylation is 4. The fourth-order valence-corrected chi connectivity index (χ4v) is 1.46. The first kappa shape index (κ1) is 9.70. The first-order valence-corrected chi connectivity index (χ1v) is 4.79. The maximum absolute atomic E-state index is 5.72. The van der Waals surface area contributed by atoms with E-state index in [1.54, 1.807) is 11.0 Å². The van der Waals surface area contributed by atoms with Gasteiger partial charge >= 0.3 is 0 Å². The molecule has 0 saturated heterocycles. The summed E-state index contributed by atoms with van der Waals surface area (Å²) in [6.07, 6.45) is 4.39. The number of nitrogens with two attached hydrogens (primary N) is 1. The molecule has 80 valence electrons. The van der Waals surface area contributed by atoms with Crippen LogP contribution in [-0.2, 0) is 20.0 Å².